The molecule has 2 aromatic rings. The van der Waals surface area contributed by atoms with Gasteiger partial charge in [-0.15, -0.1) is 0 Å². The van der Waals surface area contributed by atoms with Crippen LogP contribution in [0, 0.1) is 16.0 Å². The molecular formula is C21H22ClN3O5. The Hall–Kier alpha value is -3.13. The third-order valence-corrected chi connectivity index (χ3v) is 5.40. The molecular weight excluding hydrogens is 410 g/mol. The summed E-state index contributed by atoms with van der Waals surface area (Å²) in [5.41, 5.74) is 1.38. The van der Waals surface area contributed by atoms with Crippen LogP contribution in [0.1, 0.15) is 18.4 Å². The fraction of sp³-hybridized carbons (Fsp3) is 0.333. The molecule has 0 aromatic heterocycles. The topological polar surface area (TPSA) is 102 Å². The second-order valence-electron chi connectivity index (χ2n) is 6.98. The molecule has 3 rings (SSSR count). The fourth-order valence-electron chi connectivity index (χ4n) is 3.38. The highest BCUT2D eigenvalue weighted by atomic mass is 35.5. The number of amides is 1. The second-order valence-corrected chi connectivity index (χ2v) is 7.39. The van der Waals surface area contributed by atoms with Crippen molar-refractivity contribution < 1.29 is 19.2 Å². The molecule has 0 unspecified atom stereocenters. The molecule has 0 bridgehead atoms. The molecule has 1 aliphatic rings. The van der Waals surface area contributed by atoms with Gasteiger partial charge in [0.15, 0.2) is 6.61 Å². The van der Waals surface area contributed by atoms with E-state index in [9.17, 15) is 19.7 Å². The highest BCUT2D eigenvalue weighted by Gasteiger charge is 2.29. The monoisotopic (exact) mass is 431 g/mol. The summed E-state index contributed by atoms with van der Waals surface area (Å²) in [5, 5.41) is 14.4. The van der Waals surface area contributed by atoms with Crippen LogP contribution in [0.4, 0.5) is 11.4 Å². The van der Waals surface area contributed by atoms with Gasteiger partial charge in [0, 0.05) is 30.7 Å². The lowest BCUT2D eigenvalue weighted by molar-refractivity contribution is -0.384. The van der Waals surface area contributed by atoms with E-state index in [0.29, 0.717) is 36.6 Å². The Bertz CT molecular complexity index is 928. The molecule has 30 heavy (non-hydrogen) atoms. The van der Waals surface area contributed by atoms with Crippen LogP contribution in [0.3, 0.4) is 0 Å². The number of carbonyl (C=O) groups is 2. The minimum Gasteiger partial charge on any atom is -0.455 e. The number of nitro benzene ring substituents is 1. The van der Waals surface area contributed by atoms with Crippen molar-refractivity contribution in [3.63, 3.8) is 0 Å². The summed E-state index contributed by atoms with van der Waals surface area (Å²) in [5.74, 6) is -1.16. The zero-order chi connectivity index (χ0) is 21.5. The van der Waals surface area contributed by atoms with Crippen molar-refractivity contribution in [2.75, 3.05) is 24.6 Å². The maximum Gasteiger partial charge on any atom is 0.309 e. The Morgan fingerprint density at radius 3 is 2.50 bits per heavy atom. The van der Waals surface area contributed by atoms with E-state index in [1.807, 2.05) is 11.0 Å². The number of rotatable bonds is 7. The zero-order valence-electron chi connectivity index (χ0n) is 16.3. The van der Waals surface area contributed by atoms with E-state index in [4.69, 9.17) is 16.3 Å². The molecule has 0 aliphatic carbocycles. The Kier molecular flexibility index (Phi) is 7.24. The van der Waals surface area contributed by atoms with Crippen LogP contribution < -0.4 is 10.2 Å². The molecule has 0 radical (unpaired) electrons. The Morgan fingerprint density at radius 2 is 1.80 bits per heavy atom. The maximum absolute atomic E-state index is 12.3. The highest BCUT2D eigenvalue weighted by Crippen LogP contribution is 2.31. The first-order chi connectivity index (χ1) is 14.5. The van der Waals surface area contributed by atoms with Crippen LogP contribution >= 0.6 is 11.6 Å². The molecule has 0 spiro atoms. The van der Waals surface area contributed by atoms with Crippen LogP contribution in [0.15, 0.2) is 48.5 Å². The van der Waals surface area contributed by atoms with Gasteiger partial charge in [-0.25, -0.2) is 0 Å². The number of hydrogen-bond acceptors (Lipinski definition) is 6. The minimum absolute atomic E-state index is 0.0497. The SMILES string of the molecule is O=C(COC(=O)C1CCN(c2ccccc2[N+](=O)[O-])CC1)NCc1ccccc1Cl. The van der Waals surface area contributed by atoms with Gasteiger partial charge >= 0.3 is 5.97 Å². The lowest BCUT2D eigenvalue weighted by Gasteiger charge is -2.32. The summed E-state index contributed by atoms with van der Waals surface area (Å²) < 4.78 is 5.15. The fourth-order valence-corrected chi connectivity index (χ4v) is 3.59. The van der Waals surface area contributed by atoms with Crippen LogP contribution in [0.5, 0.6) is 0 Å². The van der Waals surface area contributed by atoms with Gasteiger partial charge in [-0.1, -0.05) is 41.9 Å². The number of para-hydroxylation sites is 2. The van der Waals surface area contributed by atoms with E-state index in [0.717, 1.165) is 5.56 Å². The van der Waals surface area contributed by atoms with Gasteiger partial charge < -0.3 is 15.0 Å². The van der Waals surface area contributed by atoms with Crippen LogP contribution in [0.2, 0.25) is 5.02 Å². The normalized spacial score (nSPS) is 14.2. The predicted molar refractivity (Wildman–Crippen MR) is 112 cm³/mol. The average molecular weight is 432 g/mol. The van der Waals surface area contributed by atoms with E-state index in [-0.39, 0.29) is 24.8 Å². The Balaban J connectivity index is 1.44. The van der Waals surface area contributed by atoms with Crippen molar-refractivity contribution in [1.29, 1.82) is 0 Å². The van der Waals surface area contributed by atoms with Crippen LogP contribution in [-0.4, -0.2) is 36.5 Å². The number of carbonyl (C=O) groups excluding carboxylic acids is 2. The highest BCUT2D eigenvalue weighted by molar-refractivity contribution is 6.31. The Morgan fingerprint density at radius 1 is 1.13 bits per heavy atom. The van der Waals surface area contributed by atoms with Crippen LogP contribution in [-0.2, 0) is 20.9 Å². The number of nitrogens with one attached hydrogen (secondary N) is 1. The number of hydrogen-bond donors (Lipinski definition) is 1. The standard InChI is InChI=1S/C21H22ClN3O5/c22-17-6-2-1-5-16(17)13-23-20(26)14-30-21(27)15-9-11-24(12-10-15)18-7-3-4-8-19(18)25(28)29/h1-8,15H,9-14H2,(H,23,26). The molecule has 1 fully saturated rings. The summed E-state index contributed by atoms with van der Waals surface area (Å²) in [6.07, 6.45) is 1.01. The quantitative estimate of drug-likeness (QED) is 0.410. The lowest BCUT2D eigenvalue weighted by atomic mass is 9.96. The third-order valence-electron chi connectivity index (χ3n) is 5.03. The van der Waals surface area contributed by atoms with Crippen molar-refractivity contribution in [3.8, 4) is 0 Å². The molecule has 1 amide bonds. The maximum atomic E-state index is 12.3. The third kappa shape index (κ3) is 5.48. The summed E-state index contributed by atoms with van der Waals surface area (Å²) in [4.78, 5) is 37.0. The number of piperidine rings is 1. The molecule has 1 aliphatic heterocycles. The molecule has 1 N–H and O–H groups in total. The number of halogens is 1. The van der Waals surface area contributed by atoms with Crippen molar-refractivity contribution in [2.24, 2.45) is 5.92 Å². The average Bonchev–Trinajstić information content (AvgIpc) is 2.77. The van der Waals surface area contributed by atoms with Crippen molar-refractivity contribution in [2.45, 2.75) is 19.4 Å². The number of ether oxygens (including phenoxy) is 1. The first-order valence-corrected chi connectivity index (χ1v) is 9.98. The Labute approximate surface area is 178 Å². The van der Waals surface area contributed by atoms with Crippen LogP contribution in [0.25, 0.3) is 0 Å². The van der Waals surface area contributed by atoms with E-state index in [2.05, 4.69) is 5.32 Å². The molecule has 1 heterocycles. The van der Waals surface area contributed by atoms with Crippen molar-refractivity contribution in [3.05, 3.63) is 69.2 Å². The summed E-state index contributed by atoms with van der Waals surface area (Å²) in [6, 6.07) is 13.7. The van der Waals surface area contributed by atoms with E-state index in [1.165, 1.54) is 6.07 Å². The van der Waals surface area contributed by atoms with Gasteiger partial charge in [0.25, 0.3) is 11.6 Å². The molecule has 9 heteroatoms. The van der Waals surface area contributed by atoms with Gasteiger partial charge in [-0.2, -0.15) is 0 Å². The van der Waals surface area contributed by atoms with E-state index < -0.39 is 16.8 Å². The number of esters is 1. The van der Waals surface area contributed by atoms with E-state index in [1.54, 1.807) is 36.4 Å². The second kappa shape index (κ2) is 10.1. The lowest BCUT2D eigenvalue weighted by Crippen LogP contribution is -2.38. The smallest absolute Gasteiger partial charge is 0.309 e. The molecule has 2 aromatic carbocycles. The van der Waals surface area contributed by atoms with Gasteiger partial charge in [0.1, 0.15) is 5.69 Å². The number of nitrogens with zero attached hydrogens (tertiary/aromatic N) is 2. The first kappa shape index (κ1) is 21.6. The molecule has 0 saturated carbocycles. The number of anilines is 1. The zero-order valence-corrected chi connectivity index (χ0v) is 17.0. The number of nitro groups is 1. The summed E-state index contributed by atoms with van der Waals surface area (Å²) in [6.45, 7) is 0.907. The molecule has 158 valence electrons. The van der Waals surface area contributed by atoms with Gasteiger partial charge in [-0.3, -0.25) is 19.7 Å². The first-order valence-electron chi connectivity index (χ1n) is 9.61. The summed E-state index contributed by atoms with van der Waals surface area (Å²) >= 11 is 6.04. The molecule has 1 saturated heterocycles. The largest absolute Gasteiger partial charge is 0.455 e. The van der Waals surface area contributed by atoms with Gasteiger partial charge in [0.05, 0.1) is 10.8 Å². The number of benzene rings is 2. The molecule has 0 atom stereocenters. The minimum atomic E-state index is -0.426. The van der Waals surface area contributed by atoms with E-state index >= 15 is 0 Å². The summed E-state index contributed by atoms with van der Waals surface area (Å²) in [7, 11) is 0. The van der Waals surface area contributed by atoms with Crippen molar-refractivity contribution in [1.82, 2.24) is 5.32 Å². The molecule has 8 nitrogen and oxygen atoms in total. The van der Waals surface area contributed by atoms with Gasteiger partial charge in [0.2, 0.25) is 0 Å². The predicted octanol–water partition coefficient (Wildman–Crippen LogP) is 3.32. The van der Waals surface area contributed by atoms with Crippen molar-refractivity contribution >= 4 is 34.9 Å². The van der Waals surface area contributed by atoms with Gasteiger partial charge in [-0.05, 0) is 30.5 Å².